The van der Waals surface area contributed by atoms with E-state index >= 15 is 0 Å². The summed E-state index contributed by atoms with van der Waals surface area (Å²) in [5.41, 5.74) is 3.67. The van der Waals surface area contributed by atoms with Crippen molar-refractivity contribution < 1.29 is 34.4 Å². The maximum Gasteiger partial charge on any atom is 0.164 e. The number of allylic oxidation sites excluding steroid dienone is 2. The first-order valence-corrected chi connectivity index (χ1v) is 18.4. The molecule has 2 aromatic carbocycles. The fraction of sp³-hybridized carbons (Fsp3) is 0.425. The second-order valence-corrected chi connectivity index (χ2v) is 16.1. The Bertz CT molecular complexity index is 2100. The zero-order valence-electron chi connectivity index (χ0n) is 29.8. The van der Waals surface area contributed by atoms with Crippen molar-refractivity contribution in [2.24, 2.45) is 10.8 Å². The van der Waals surface area contributed by atoms with Crippen LogP contribution in [0.1, 0.15) is 99.3 Å². The van der Waals surface area contributed by atoms with Gasteiger partial charge in [0.2, 0.25) is 0 Å². The zero-order valence-corrected chi connectivity index (χ0v) is 33.8. The van der Waals surface area contributed by atoms with Gasteiger partial charge in [0.25, 0.3) is 0 Å². The van der Waals surface area contributed by atoms with Crippen LogP contribution in [0.2, 0.25) is 0 Å². The molecule has 8 heteroatoms. The number of thiophene rings is 2. The molecule has 0 aliphatic rings. The second-order valence-electron chi connectivity index (χ2n) is 14.2. The van der Waals surface area contributed by atoms with Crippen LogP contribution in [-0.2, 0) is 30.3 Å². The van der Waals surface area contributed by atoms with E-state index < -0.39 is 0 Å². The van der Waals surface area contributed by atoms with E-state index in [-0.39, 0.29) is 47.9 Å². The molecule has 0 bridgehead atoms. The summed E-state index contributed by atoms with van der Waals surface area (Å²) < 4.78 is 8.36. The Labute approximate surface area is 306 Å². The average Bonchev–Trinajstić information content (AvgIpc) is 3.79. The van der Waals surface area contributed by atoms with E-state index in [1.165, 1.54) is 26.4 Å². The third kappa shape index (κ3) is 7.05. The van der Waals surface area contributed by atoms with Gasteiger partial charge in [0.1, 0.15) is 28.3 Å². The molecule has 4 heterocycles. The van der Waals surface area contributed by atoms with Crippen molar-refractivity contribution >= 4 is 69.8 Å². The molecule has 0 saturated heterocycles. The van der Waals surface area contributed by atoms with Crippen LogP contribution in [0.25, 0.3) is 52.6 Å². The Hall–Kier alpha value is -2.90. The number of aryl methyl sites for hydroxylation is 1. The predicted octanol–water partition coefficient (Wildman–Crippen LogP) is 12.5. The summed E-state index contributed by atoms with van der Waals surface area (Å²) in [4.78, 5) is 22.5. The summed E-state index contributed by atoms with van der Waals surface area (Å²) in [7, 11) is 0. The largest absolute Gasteiger partial charge is 0.512 e. The van der Waals surface area contributed by atoms with E-state index in [0.717, 1.165) is 69.3 Å². The number of ketones is 1. The van der Waals surface area contributed by atoms with Gasteiger partial charge in [-0.05, 0) is 71.7 Å². The minimum Gasteiger partial charge on any atom is -0.512 e. The summed E-state index contributed by atoms with van der Waals surface area (Å²) in [5.74, 6) is 1.21. The zero-order chi connectivity index (χ0) is 34.3. The number of furan rings is 1. The standard InChI is InChI=1S/C25H19N2OS2.C15H28O2.Ir/c1-13-9-17-19(28-13)6-5-16-20-21(26-12-27-24(20)30-23(16)17)15-10-14-7-8-29-22(14)18(11-15)25(2,3)4;1-7-14(5,8-2)12(16)11-13(17)15(6,9-3)10-4;/h5-9,11-12H,1-4H3;11,16H,7-10H2,1-6H3;/q-1;;/b;12-11-;. The average molecular weight is 860 g/mol. The summed E-state index contributed by atoms with van der Waals surface area (Å²) in [6.45, 7) is 20.9. The van der Waals surface area contributed by atoms with Gasteiger partial charge < -0.3 is 9.52 Å². The topological polar surface area (TPSA) is 76.2 Å². The fourth-order valence-electron chi connectivity index (χ4n) is 5.89. The number of nitrogens with zero attached hydrogens (tertiary/aromatic N) is 2. The first kappa shape index (κ1) is 37.9. The van der Waals surface area contributed by atoms with E-state index in [1.807, 2.05) is 48.5 Å². The van der Waals surface area contributed by atoms with Gasteiger partial charge in [0.15, 0.2) is 5.78 Å². The van der Waals surface area contributed by atoms with Gasteiger partial charge in [0, 0.05) is 58.2 Å². The summed E-state index contributed by atoms with van der Waals surface area (Å²) >= 11 is 3.49. The molecule has 1 radical (unpaired) electrons. The van der Waals surface area contributed by atoms with E-state index in [9.17, 15) is 9.90 Å². The number of aliphatic hydroxyl groups is 1. The molecular weight excluding hydrogens is 813 g/mol. The van der Waals surface area contributed by atoms with Crippen LogP contribution >= 0.6 is 22.7 Å². The molecule has 5 nitrogen and oxygen atoms in total. The van der Waals surface area contributed by atoms with Crippen LogP contribution in [0.15, 0.2) is 58.3 Å². The third-order valence-corrected chi connectivity index (χ3v) is 12.3. The van der Waals surface area contributed by atoms with Crippen molar-refractivity contribution in [1.82, 2.24) is 9.97 Å². The van der Waals surface area contributed by atoms with Crippen molar-refractivity contribution in [2.75, 3.05) is 0 Å². The summed E-state index contributed by atoms with van der Waals surface area (Å²) in [6, 6.07) is 14.4. The van der Waals surface area contributed by atoms with E-state index in [1.54, 1.807) is 29.0 Å². The molecular formula is C40H47IrN2O3S2-. The Morgan fingerprint density at radius 2 is 1.58 bits per heavy atom. The number of hydrogen-bond acceptors (Lipinski definition) is 7. The molecule has 0 unspecified atom stereocenters. The molecule has 6 rings (SSSR count). The number of carbonyl (C=O) groups excluding carboxylic acids is 1. The number of carbonyl (C=O) groups is 1. The fourth-order valence-corrected chi connectivity index (χ4v) is 8.12. The molecule has 0 spiro atoms. The number of aliphatic hydroxyl groups excluding tert-OH is 1. The van der Waals surface area contributed by atoms with Crippen LogP contribution in [0.4, 0.5) is 0 Å². The van der Waals surface area contributed by atoms with Crippen molar-refractivity contribution in [1.29, 1.82) is 0 Å². The maximum atomic E-state index is 12.2. The van der Waals surface area contributed by atoms with Crippen molar-refractivity contribution in [3.8, 4) is 11.3 Å². The molecule has 0 atom stereocenters. The SMILES string of the molecule is CCC(C)(CC)C(=O)/C=C(\O)C(C)(CC)CC.Cc1cc2c(ccc3c2sc2ncnc(-c4[c-]c5ccsc5c(C(C)(C)C)c4)c23)o1.[Ir]. The van der Waals surface area contributed by atoms with Crippen molar-refractivity contribution in [3.63, 3.8) is 0 Å². The minimum absolute atomic E-state index is 0. The molecule has 0 saturated carbocycles. The Balaban J connectivity index is 0.000000251. The number of fused-ring (bicyclic) bond motifs is 6. The minimum atomic E-state index is -0.337. The van der Waals surface area contributed by atoms with Gasteiger partial charge in [-0.3, -0.25) is 9.78 Å². The van der Waals surface area contributed by atoms with Gasteiger partial charge in [-0.2, -0.15) is 11.3 Å². The van der Waals surface area contributed by atoms with E-state index in [2.05, 4.69) is 67.5 Å². The quantitative estimate of drug-likeness (QED) is 0.0937. The molecule has 257 valence electrons. The maximum absolute atomic E-state index is 12.2. The normalized spacial score (nSPS) is 12.8. The molecule has 0 fully saturated rings. The second kappa shape index (κ2) is 14.5. The van der Waals surface area contributed by atoms with Gasteiger partial charge in [-0.1, -0.05) is 73.4 Å². The van der Waals surface area contributed by atoms with Crippen LogP contribution in [0, 0.1) is 23.8 Å². The number of benzene rings is 2. The molecule has 0 amide bonds. The van der Waals surface area contributed by atoms with E-state index in [0.29, 0.717) is 0 Å². The van der Waals surface area contributed by atoms with E-state index in [4.69, 9.17) is 9.40 Å². The van der Waals surface area contributed by atoms with Crippen molar-refractivity contribution in [3.05, 3.63) is 71.3 Å². The smallest absolute Gasteiger partial charge is 0.164 e. The molecule has 1 N–H and O–H groups in total. The van der Waals surface area contributed by atoms with Gasteiger partial charge in [-0.15, -0.1) is 34.9 Å². The van der Waals surface area contributed by atoms with Crippen LogP contribution in [0.3, 0.4) is 0 Å². The first-order chi connectivity index (χ1) is 22.2. The Kier molecular flexibility index (Phi) is 11.5. The molecule has 4 aromatic heterocycles. The number of aromatic nitrogens is 2. The molecule has 0 aliphatic carbocycles. The van der Waals surface area contributed by atoms with Crippen LogP contribution in [0.5, 0.6) is 0 Å². The monoisotopic (exact) mass is 860 g/mol. The Morgan fingerprint density at radius 3 is 2.21 bits per heavy atom. The van der Waals surface area contributed by atoms with Crippen LogP contribution in [-0.4, -0.2) is 20.9 Å². The predicted molar refractivity (Wildman–Crippen MR) is 201 cm³/mol. The summed E-state index contributed by atoms with van der Waals surface area (Å²) in [6.07, 6.45) is 6.43. The van der Waals surface area contributed by atoms with Gasteiger partial charge in [0.05, 0.1) is 0 Å². The van der Waals surface area contributed by atoms with Gasteiger partial charge in [-0.25, -0.2) is 4.98 Å². The molecule has 6 aromatic rings. The number of rotatable bonds is 8. The number of hydrogen-bond donors (Lipinski definition) is 1. The Morgan fingerprint density at radius 1 is 0.917 bits per heavy atom. The molecule has 48 heavy (non-hydrogen) atoms. The van der Waals surface area contributed by atoms with Crippen LogP contribution < -0.4 is 0 Å². The summed E-state index contributed by atoms with van der Waals surface area (Å²) in [5, 5.41) is 16.9. The van der Waals surface area contributed by atoms with Gasteiger partial charge >= 0.3 is 0 Å². The van der Waals surface area contributed by atoms with Crippen molar-refractivity contribution in [2.45, 2.75) is 100 Å². The first-order valence-electron chi connectivity index (χ1n) is 16.7. The third-order valence-electron chi connectivity index (χ3n) is 10.2. The molecule has 0 aliphatic heterocycles.